The number of H-pyrrole nitrogens is 1. The molecule has 4 heterocycles. The number of hydrogen-bond acceptors (Lipinski definition) is 6. The lowest BCUT2D eigenvalue weighted by Crippen LogP contribution is -2.47. The van der Waals surface area contributed by atoms with E-state index in [0.717, 1.165) is 87.0 Å². The molecule has 2 aromatic carbocycles. The molecule has 2 saturated heterocycles. The normalized spacial score (nSPS) is 19.3. The first-order valence-electron chi connectivity index (χ1n) is 14.0. The van der Waals surface area contributed by atoms with E-state index in [1.165, 1.54) is 12.1 Å². The molecule has 216 valence electrons. The Bertz CT molecular complexity index is 1450. The smallest absolute Gasteiger partial charge is 0.369 e. The molecule has 0 bridgehead atoms. The van der Waals surface area contributed by atoms with Gasteiger partial charge >= 0.3 is 6.18 Å². The first kappa shape index (κ1) is 27.5. The number of piperidine rings is 1. The summed E-state index contributed by atoms with van der Waals surface area (Å²) in [7, 11) is 2.12. The molecule has 3 aliphatic heterocycles. The number of amides is 1. The van der Waals surface area contributed by atoms with E-state index in [4.69, 9.17) is 10.4 Å². The number of halogens is 3. The van der Waals surface area contributed by atoms with E-state index in [9.17, 15) is 18.0 Å². The van der Waals surface area contributed by atoms with E-state index in [2.05, 4.69) is 32.8 Å². The van der Waals surface area contributed by atoms with Crippen LogP contribution in [0, 0.1) is 12.3 Å². The van der Waals surface area contributed by atoms with Crippen molar-refractivity contribution in [2.75, 3.05) is 56.1 Å². The van der Waals surface area contributed by atoms with Crippen LogP contribution in [0.5, 0.6) is 0 Å². The predicted molar refractivity (Wildman–Crippen MR) is 153 cm³/mol. The molecule has 3 aromatic rings. The van der Waals surface area contributed by atoms with Gasteiger partial charge in [-0.2, -0.15) is 13.2 Å². The summed E-state index contributed by atoms with van der Waals surface area (Å²) in [6.07, 6.45) is -2.80. The lowest BCUT2D eigenvalue weighted by molar-refractivity contribution is -0.137. The Morgan fingerprint density at radius 1 is 1.00 bits per heavy atom. The van der Waals surface area contributed by atoms with Crippen molar-refractivity contribution in [3.8, 4) is 11.4 Å². The molecule has 3 aliphatic rings. The van der Waals surface area contributed by atoms with Gasteiger partial charge in [0.25, 0.3) is 5.91 Å². The van der Waals surface area contributed by atoms with Crippen molar-refractivity contribution < 1.29 is 18.0 Å². The SMILES string of the molecule is Cc1[nH]c(-c2ccc(C(F)(F)F)cc2)nc1CN1CCC(N2C(=O)C(=N)c3ccc(N4CCN(C)CC4)cc32)CC1. The van der Waals surface area contributed by atoms with Crippen LogP contribution in [-0.2, 0) is 17.5 Å². The number of aryl methyl sites for hydroxylation is 1. The number of imidazole rings is 1. The second kappa shape index (κ2) is 10.6. The van der Waals surface area contributed by atoms with Crippen molar-refractivity contribution >= 4 is 23.0 Å². The van der Waals surface area contributed by atoms with Gasteiger partial charge in [0.15, 0.2) is 0 Å². The summed E-state index contributed by atoms with van der Waals surface area (Å²) in [4.78, 5) is 29.9. The van der Waals surface area contributed by atoms with E-state index >= 15 is 0 Å². The van der Waals surface area contributed by atoms with Crippen LogP contribution in [0.25, 0.3) is 11.4 Å². The number of carbonyl (C=O) groups is 1. The molecular weight excluding hydrogens is 531 g/mol. The van der Waals surface area contributed by atoms with Crippen LogP contribution in [0.15, 0.2) is 42.5 Å². The van der Waals surface area contributed by atoms with Crippen molar-refractivity contribution in [3.63, 3.8) is 0 Å². The first-order valence-corrected chi connectivity index (χ1v) is 14.0. The maximum atomic E-state index is 13.2. The van der Waals surface area contributed by atoms with E-state index in [1.807, 2.05) is 24.0 Å². The highest BCUT2D eigenvalue weighted by Crippen LogP contribution is 2.37. The monoisotopic (exact) mass is 565 g/mol. The van der Waals surface area contributed by atoms with Crippen molar-refractivity contribution in [2.24, 2.45) is 0 Å². The fraction of sp³-hybridized carbons (Fsp3) is 0.433. The number of carbonyl (C=O) groups excluding carboxylic acids is 1. The maximum absolute atomic E-state index is 13.2. The fourth-order valence-electron chi connectivity index (χ4n) is 6.05. The van der Waals surface area contributed by atoms with Crippen LogP contribution in [0.3, 0.4) is 0 Å². The van der Waals surface area contributed by atoms with Crippen LogP contribution < -0.4 is 9.80 Å². The van der Waals surface area contributed by atoms with E-state index < -0.39 is 11.7 Å². The van der Waals surface area contributed by atoms with Crippen LogP contribution in [-0.4, -0.2) is 83.7 Å². The van der Waals surface area contributed by atoms with Gasteiger partial charge in [0, 0.05) is 74.4 Å². The largest absolute Gasteiger partial charge is 0.416 e. The zero-order valence-electron chi connectivity index (χ0n) is 23.3. The van der Waals surface area contributed by atoms with Crippen molar-refractivity contribution in [3.05, 3.63) is 65.0 Å². The van der Waals surface area contributed by atoms with Gasteiger partial charge in [0.1, 0.15) is 11.5 Å². The average Bonchev–Trinajstić information content (AvgIpc) is 3.44. The number of alkyl halides is 3. The Labute approximate surface area is 237 Å². The molecule has 0 spiro atoms. The Kier molecular flexibility index (Phi) is 7.11. The summed E-state index contributed by atoms with van der Waals surface area (Å²) in [5, 5.41) is 8.46. The van der Waals surface area contributed by atoms with Crippen LogP contribution in [0.2, 0.25) is 0 Å². The van der Waals surface area contributed by atoms with Gasteiger partial charge in [-0.3, -0.25) is 15.1 Å². The van der Waals surface area contributed by atoms with Gasteiger partial charge in [-0.1, -0.05) is 12.1 Å². The highest BCUT2D eigenvalue weighted by Gasteiger charge is 2.39. The molecular formula is C30H34F3N7O. The topological polar surface area (TPSA) is 82.6 Å². The quantitative estimate of drug-likeness (QED) is 0.475. The minimum Gasteiger partial charge on any atom is -0.369 e. The number of anilines is 2. The number of aromatic nitrogens is 2. The van der Waals surface area contributed by atoms with E-state index in [1.54, 1.807) is 0 Å². The molecule has 0 atom stereocenters. The van der Waals surface area contributed by atoms with Crippen LogP contribution >= 0.6 is 0 Å². The molecule has 8 nitrogen and oxygen atoms in total. The van der Waals surface area contributed by atoms with Crippen molar-refractivity contribution in [1.29, 1.82) is 5.41 Å². The summed E-state index contributed by atoms with van der Waals surface area (Å²) < 4.78 is 38.8. The zero-order chi connectivity index (χ0) is 28.9. The minimum absolute atomic E-state index is 0.0195. The third kappa shape index (κ3) is 5.36. The molecule has 2 N–H and O–H groups in total. The molecule has 0 aliphatic carbocycles. The number of piperazine rings is 1. The Morgan fingerprint density at radius 3 is 2.34 bits per heavy atom. The van der Waals surface area contributed by atoms with Crippen molar-refractivity contribution in [1.82, 2.24) is 19.8 Å². The van der Waals surface area contributed by atoms with Gasteiger partial charge in [-0.25, -0.2) is 4.98 Å². The summed E-state index contributed by atoms with van der Waals surface area (Å²) in [5.41, 5.74) is 4.38. The average molecular weight is 566 g/mol. The number of likely N-dealkylation sites (N-methyl/N-ethyl adjacent to an activating group) is 1. The zero-order valence-corrected chi connectivity index (χ0v) is 23.3. The number of fused-ring (bicyclic) bond motifs is 1. The highest BCUT2D eigenvalue weighted by molar-refractivity contribution is 6.53. The highest BCUT2D eigenvalue weighted by atomic mass is 19.4. The van der Waals surface area contributed by atoms with Crippen LogP contribution in [0.1, 0.15) is 35.4 Å². The number of rotatable bonds is 5. The van der Waals surface area contributed by atoms with Gasteiger partial charge in [0.05, 0.1) is 16.9 Å². The van der Waals surface area contributed by atoms with Gasteiger partial charge in [-0.05, 0) is 57.1 Å². The molecule has 0 unspecified atom stereocenters. The Morgan fingerprint density at radius 2 is 1.68 bits per heavy atom. The fourth-order valence-corrected chi connectivity index (χ4v) is 6.05. The molecule has 11 heteroatoms. The van der Waals surface area contributed by atoms with E-state index in [-0.39, 0.29) is 17.7 Å². The number of aromatic amines is 1. The number of hydrogen-bond donors (Lipinski definition) is 2. The molecule has 0 saturated carbocycles. The van der Waals surface area contributed by atoms with Gasteiger partial charge in [0.2, 0.25) is 0 Å². The standard InChI is InChI=1S/C30H34F3N7O/c1-19-25(36-28(35-19)20-3-5-21(6-4-20)30(31,32)33)18-38-11-9-22(10-12-38)40-26-17-23(39-15-13-37(2)14-16-39)7-8-24(26)27(34)29(40)41/h3-8,17,22,34H,9-16,18H2,1-2H3,(H,35,36). The predicted octanol–water partition coefficient (Wildman–Crippen LogP) is 4.53. The van der Waals surface area contributed by atoms with Crippen molar-refractivity contribution in [2.45, 2.75) is 38.5 Å². The Hall–Kier alpha value is -3.70. The summed E-state index contributed by atoms with van der Waals surface area (Å²) >= 11 is 0. The number of benzene rings is 2. The number of likely N-dealkylation sites (tertiary alicyclic amines) is 1. The summed E-state index contributed by atoms with van der Waals surface area (Å²) in [6.45, 7) is 7.95. The third-order valence-electron chi connectivity index (χ3n) is 8.58. The second-order valence-corrected chi connectivity index (χ2v) is 11.3. The van der Waals surface area contributed by atoms with E-state index in [0.29, 0.717) is 23.5 Å². The van der Waals surface area contributed by atoms with Crippen LogP contribution in [0.4, 0.5) is 24.5 Å². The second-order valence-electron chi connectivity index (χ2n) is 11.3. The minimum atomic E-state index is -4.37. The first-order chi connectivity index (χ1) is 19.6. The molecule has 1 amide bonds. The maximum Gasteiger partial charge on any atom is 0.416 e. The number of nitrogens with one attached hydrogen (secondary N) is 2. The molecule has 41 heavy (non-hydrogen) atoms. The van der Waals surface area contributed by atoms with Gasteiger partial charge in [-0.15, -0.1) is 0 Å². The lowest BCUT2D eigenvalue weighted by Gasteiger charge is -2.37. The third-order valence-corrected chi connectivity index (χ3v) is 8.58. The lowest BCUT2D eigenvalue weighted by atomic mass is 10.0. The summed E-state index contributed by atoms with van der Waals surface area (Å²) in [5.74, 6) is 0.327. The Balaban J connectivity index is 1.12. The molecule has 6 rings (SSSR count). The number of nitrogens with zero attached hydrogens (tertiary/aromatic N) is 5. The van der Waals surface area contributed by atoms with Gasteiger partial charge < -0.3 is 19.7 Å². The molecule has 0 radical (unpaired) electrons. The molecule has 2 fully saturated rings. The summed E-state index contributed by atoms with van der Waals surface area (Å²) in [6, 6.07) is 11.1. The molecule has 1 aromatic heterocycles.